The van der Waals surface area contributed by atoms with E-state index in [4.69, 9.17) is 5.73 Å². The van der Waals surface area contributed by atoms with E-state index in [1.54, 1.807) is 6.08 Å². The topological polar surface area (TPSA) is 26.0 Å². The predicted molar refractivity (Wildman–Crippen MR) is 46.5 cm³/mol. The molecule has 0 bridgehead atoms. The Morgan fingerprint density at radius 1 is 1.40 bits per heavy atom. The van der Waals surface area contributed by atoms with Gasteiger partial charge < -0.3 is 5.73 Å². The highest BCUT2D eigenvalue weighted by molar-refractivity contribution is 5.14. The van der Waals surface area contributed by atoms with Gasteiger partial charge in [0.25, 0.3) is 0 Å². The van der Waals surface area contributed by atoms with Crippen LogP contribution in [0.1, 0.15) is 20.3 Å². The van der Waals surface area contributed by atoms with E-state index in [0.29, 0.717) is 0 Å². The Labute approximate surface area is 62.9 Å². The van der Waals surface area contributed by atoms with Gasteiger partial charge in [0.2, 0.25) is 0 Å². The van der Waals surface area contributed by atoms with Gasteiger partial charge in [0.15, 0.2) is 0 Å². The van der Waals surface area contributed by atoms with Gasteiger partial charge in [-0.25, -0.2) is 0 Å². The van der Waals surface area contributed by atoms with Crippen molar-refractivity contribution < 1.29 is 0 Å². The van der Waals surface area contributed by atoms with Crippen LogP contribution < -0.4 is 5.73 Å². The molecule has 0 heterocycles. The van der Waals surface area contributed by atoms with Gasteiger partial charge in [-0.2, -0.15) is 0 Å². The van der Waals surface area contributed by atoms with Crippen molar-refractivity contribution in [3.63, 3.8) is 0 Å². The lowest BCUT2D eigenvalue weighted by atomic mass is 10.2. The summed E-state index contributed by atoms with van der Waals surface area (Å²) in [5.41, 5.74) is 7.69. The van der Waals surface area contributed by atoms with Crippen molar-refractivity contribution in [2.75, 3.05) is 0 Å². The van der Waals surface area contributed by atoms with Gasteiger partial charge in [0, 0.05) is 12.1 Å². The summed E-state index contributed by atoms with van der Waals surface area (Å²) in [6.45, 7) is 7.66. The number of rotatable bonds is 3. The van der Waals surface area contributed by atoms with E-state index in [-0.39, 0.29) is 0 Å². The summed E-state index contributed by atoms with van der Waals surface area (Å²) in [5.74, 6) is 0. The standard InChI is InChI=1S/C9H15N/c1-4-5-9(10)7-6-8(2)3/h4,6-7H,1,5,10H2,2-3H3/b9-7+. The van der Waals surface area contributed by atoms with Gasteiger partial charge >= 0.3 is 0 Å². The molecule has 10 heavy (non-hydrogen) atoms. The fourth-order valence-corrected chi connectivity index (χ4v) is 0.508. The molecule has 0 unspecified atom stereocenters. The first kappa shape index (κ1) is 9.02. The minimum atomic E-state index is 0.768. The molecular formula is C9H15N. The molecule has 0 aliphatic carbocycles. The van der Waals surface area contributed by atoms with Crippen LogP contribution >= 0.6 is 0 Å². The highest BCUT2D eigenvalue weighted by Gasteiger charge is 1.81. The molecule has 0 aliphatic heterocycles. The Balaban J connectivity index is 3.91. The Morgan fingerprint density at radius 2 is 2.00 bits per heavy atom. The summed E-state index contributed by atoms with van der Waals surface area (Å²) in [6, 6.07) is 0. The van der Waals surface area contributed by atoms with Crippen molar-refractivity contribution >= 4 is 0 Å². The number of hydrogen-bond acceptors (Lipinski definition) is 1. The number of nitrogens with two attached hydrogens (primary N) is 1. The highest BCUT2D eigenvalue weighted by Crippen LogP contribution is 1.95. The maximum Gasteiger partial charge on any atom is 0.0119 e. The molecule has 1 nitrogen and oxygen atoms in total. The molecule has 0 aromatic heterocycles. The summed E-state index contributed by atoms with van der Waals surface area (Å²) in [5, 5.41) is 0. The molecule has 0 amide bonds. The second kappa shape index (κ2) is 4.86. The van der Waals surface area contributed by atoms with Crippen LogP contribution in [0.4, 0.5) is 0 Å². The summed E-state index contributed by atoms with van der Waals surface area (Å²) in [7, 11) is 0. The summed E-state index contributed by atoms with van der Waals surface area (Å²) >= 11 is 0. The van der Waals surface area contributed by atoms with Crippen LogP contribution in [0.25, 0.3) is 0 Å². The van der Waals surface area contributed by atoms with Gasteiger partial charge in [0.05, 0.1) is 0 Å². The quantitative estimate of drug-likeness (QED) is 0.469. The van der Waals surface area contributed by atoms with E-state index in [1.165, 1.54) is 5.57 Å². The molecule has 0 rings (SSSR count). The maximum absolute atomic E-state index is 5.58. The van der Waals surface area contributed by atoms with Crippen LogP contribution in [-0.4, -0.2) is 0 Å². The molecule has 1 heteroatoms. The molecule has 0 aromatic rings. The predicted octanol–water partition coefficient (Wildman–Crippen LogP) is 2.37. The van der Waals surface area contributed by atoms with Crippen LogP contribution in [0, 0.1) is 0 Å². The Morgan fingerprint density at radius 3 is 2.40 bits per heavy atom. The maximum atomic E-state index is 5.58. The molecule has 0 aliphatic rings. The zero-order valence-corrected chi connectivity index (χ0v) is 6.72. The zero-order chi connectivity index (χ0) is 7.98. The second-order valence-electron chi connectivity index (χ2n) is 2.48. The average molecular weight is 137 g/mol. The fourth-order valence-electron chi connectivity index (χ4n) is 0.508. The lowest BCUT2D eigenvalue weighted by molar-refractivity contribution is 1.17. The Kier molecular flexibility index (Phi) is 4.38. The van der Waals surface area contributed by atoms with Crippen molar-refractivity contribution in [2.24, 2.45) is 5.73 Å². The Bertz CT molecular complexity index is 160. The van der Waals surface area contributed by atoms with E-state index in [2.05, 4.69) is 6.58 Å². The van der Waals surface area contributed by atoms with E-state index in [1.807, 2.05) is 26.0 Å². The molecule has 0 spiro atoms. The first-order valence-corrected chi connectivity index (χ1v) is 3.37. The Hall–Kier alpha value is -0.980. The lowest BCUT2D eigenvalue weighted by Crippen LogP contribution is -1.93. The molecule has 0 aromatic carbocycles. The van der Waals surface area contributed by atoms with E-state index in [9.17, 15) is 0 Å². The normalized spacial score (nSPS) is 10.8. The van der Waals surface area contributed by atoms with Gasteiger partial charge in [-0.15, -0.1) is 6.58 Å². The molecule has 0 saturated heterocycles. The third kappa shape index (κ3) is 5.16. The zero-order valence-electron chi connectivity index (χ0n) is 6.72. The van der Waals surface area contributed by atoms with Crippen molar-refractivity contribution in [1.29, 1.82) is 0 Å². The van der Waals surface area contributed by atoms with Crippen LogP contribution in [0.3, 0.4) is 0 Å². The van der Waals surface area contributed by atoms with Crippen LogP contribution in [-0.2, 0) is 0 Å². The molecule has 0 saturated carbocycles. The van der Waals surface area contributed by atoms with Gasteiger partial charge in [-0.05, 0) is 19.9 Å². The summed E-state index contributed by atoms with van der Waals surface area (Å²) < 4.78 is 0. The fraction of sp³-hybridized carbons (Fsp3) is 0.333. The minimum Gasteiger partial charge on any atom is -0.402 e. The first-order chi connectivity index (χ1) is 4.66. The van der Waals surface area contributed by atoms with Crippen molar-refractivity contribution in [3.8, 4) is 0 Å². The minimum absolute atomic E-state index is 0.768. The largest absolute Gasteiger partial charge is 0.402 e. The summed E-state index contributed by atoms with van der Waals surface area (Å²) in [4.78, 5) is 0. The SMILES string of the molecule is C=CC/C(N)=C\C=C(C)C. The highest BCUT2D eigenvalue weighted by atomic mass is 14.6. The molecule has 2 N–H and O–H groups in total. The van der Waals surface area contributed by atoms with Crippen molar-refractivity contribution in [2.45, 2.75) is 20.3 Å². The molecule has 0 fully saturated rings. The number of hydrogen-bond donors (Lipinski definition) is 1. The molecule has 0 atom stereocenters. The van der Waals surface area contributed by atoms with Gasteiger partial charge in [-0.1, -0.05) is 17.7 Å². The lowest BCUT2D eigenvalue weighted by Gasteiger charge is -1.91. The third-order valence-electron chi connectivity index (χ3n) is 1.01. The third-order valence-corrected chi connectivity index (χ3v) is 1.01. The van der Waals surface area contributed by atoms with Crippen LogP contribution in [0.15, 0.2) is 36.1 Å². The van der Waals surface area contributed by atoms with E-state index >= 15 is 0 Å². The van der Waals surface area contributed by atoms with Gasteiger partial charge in [-0.3, -0.25) is 0 Å². The summed E-state index contributed by atoms with van der Waals surface area (Å²) in [6.07, 6.45) is 6.48. The van der Waals surface area contributed by atoms with E-state index in [0.717, 1.165) is 12.1 Å². The van der Waals surface area contributed by atoms with Crippen molar-refractivity contribution in [3.05, 3.63) is 36.1 Å². The van der Waals surface area contributed by atoms with Crippen LogP contribution in [0.5, 0.6) is 0 Å². The van der Waals surface area contributed by atoms with Crippen molar-refractivity contribution in [1.82, 2.24) is 0 Å². The monoisotopic (exact) mass is 137 g/mol. The van der Waals surface area contributed by atoms with Crippen LogP contribution in [0.2, 0.25) is 0 Å². The van der Waals surface area contributed by atoms with E-state index < -0.39 is 0 Å². The molecular weight excluding hydrogens is 122 g/mol. The molecule has 56 valence electrons. The first-order valence-electron chi connectivity index (χ1n) is 3.37. The second-order valence-corrected chi connectivity index (χ2v) is 2.48. The number of allylic oxidation sites excluding steroid dienone is 4. The average Bonchev–Trinajstić information content (AvgIpc) is 1.85. The van der Waals surface area contributed by atoms with Gasteiger partial charge in [0.1, 0.15) is 0 Å². The molecule has 0 radical (unpaired) electrons. The smallest absolute Gasteiger partial charge is 0.0119 e.